The molecule has 0 aromatic heterocycles. The van der Waals surface area contributed by atoms with E-state index < -0.39 is 0 Å². The lowest BCUT2D eigenvalue weighted by Crippen LogP contribution is -2.10. The molecule has 100 valence electrons. The molecule has 0 unspecified atom stereocenters. The average molecular weight is 261 g/mol. The first-order valence-corrected chi connectivity index (χ1v) is 6.93. The van der Waals surface area contributed by atoms with Crippen molar-refractivity contribution in [3.63, 3.8) is 0 Å². The van der Waals surface area contributed by atoms with Gasteiger partial charge in [0.05, 0.1) is 0 Å². The molecule has 3 rings (SSSR count). The summed E-state index contributed by atoms with van der Waals surface area (Å²) in [4.78, 5) is 2.18. The minimum Gasteiger partial charge on any atom is -0.377 e. The van der Waals surface area contributed by atoms with Crippen molar-refractivity contribution in [3.05, 3.63) is 66.2 Å². The number of hydrogen-bond donors (Lipinski definition) is 0. The number of benzene rings is 3. The molecule has 0 aliphatic rings. The molecule has 0 bridgehead atoms. The van der Waals surface area contributed by atoms with Crippen molar-refractivity contribution < 1.29 is 0 Å². The molecule has 0 spiro atoms. The molecule has 0 N–H and O–H groups in total. The molecule has 1 nitrogen and oxygen atoms in total. The summed E-state index contributed by atoms with van der Waals surface area (Å²) in [5.41, 5.74) is 5.15. The quantitative estimate of drug-likeness (QED) is 0.635. The van der Waals surface area contributed by atoms with Crippen LogP contribution in [-0.2, 0) is 0 Å². The first-order valence-electron chi connectivity index (χ1n) is 6.93. The zero-order valence-corrected chi connectivity index (χ0v) is 12.2. The van der Waals surface area contributed by atoms with Crippen LogP contribution in [0.5, 0.6) is 0 Å². The lowest BCUT2D eigenvalue weighted by atomic mass is 9.95. The van der Waals surface area contributed by atoms with Crippen LogP contribution >= 0.6 is 0 Å². The minimum absolute atomic E-state index is 1.26. The van der Waals surface area contributed by atoms with Crippen molar-refractivity contribution in [3.8, 4) is 11.1 Å². The van der Waals surface area contributed by atoms with E-state index in [9.17, 15) is 0 Å². The van der Waals surface area contributed by atoms with Gasteiger partial charge in [0.2, 0.25) is 0 Å². The van der Waals surface area contributed by atoms with Gasteiger partial charge in [-0.2, -0.15) is 0 Å². The molecule has 0 aliphatic carbocycles. The molecule has 0 radical (unpaired) electrons. The Morgan fingerprint density at radius 3 is 2.35 bits per heavy atom. The normalized spacial score (nSPS) is 10.8. The fourth-order valence-corrected chi connectivity index (χ4v) is 2.74. The number of fused-ring (bicyclic) bond motifs is 1. The van der Waals surface area contributed by atoms with Crippen molar-refractivity contribution in [2.24, 2.45) is 0 Å². The third kappa shape index (κ3) is 2.16. The fourth-order valence-electron chi connectivity index (χ4n) is 2.74. The van der Waals surface area contributed by atoms with Gasteiger partial charge in [0, 0.05) is 25.3 Å². The number of hydrogen-bond acceptors (Lipinski definition) is 1. The summed E-state index contributed by atoms with van der Waals surface area (Å²) in [6.45, 7) is 2.14. The zero-order chi connectivity index (χ0) is 14.1. The van der Waals surface area contributed by atoms with E-state index in [0.717, 1.165) is 0 Å². The Labute approximate surface area is 120 Å². The maximum atomic E-state index is 2.26. The molecule has 20 heavy (non-hydrogen) atoms. The largest absolute Gasteiger partial charge is 0.377 e. The standard InChI is InChI=1S/C19H19N/c1-14-7-6-9-16(13-14)19-17-10-5-4-8-15(17)11-12-18(19)20(2)3/h4-13H,1-3H3. The topological polar surface area (TPSA) is 3.24 Å². The van der Waals surface area contributed by atoms with Gasteiger partial charge in [-0.1, -0.05) is 60.2 Å². The average Bonchev–Trinajstić information content (AvgIpc) is 2.46. The van der Waals surface area contributed by atoms with Crippen LogP contribution in [0.3, 0.4) is 0 Å². The summed E-state index contributed by atoms with van der Waals surface area (Å²) in [6.07, 6.45) is 0. The van der Waals surface area contributed by atoms with Crippen LogP contribution in [-0.4, -0.2) is 14.1 Å². The number of anilines is 1. The van der Waals surface area contributed by atoms with Gasteiger partial charge in [-0.05, 0) is 29.3 Å². The molecular formula is C19H19N. The van der Waals surface area contributed by atoms with Crippen LogP contribution in [0.15, 0.2) is 60.7 Å². The summed E-state index contributed by atoms with van der Waals surface area (Å²) in [5.74, 6) is 0. The van der Waals surface area contributed by atoms with Crippen LogP contribution in [0.2, 0.25) is 0 Å². The second kappa shape index (κ2) is 5.01. The molecule has 0 saturated heterocycles. The zero-order valence-electron chi connectivity index (χ0n) is 12.2. The van der Waals surface area contributed by atoms with Gasteiger partial charge in [0.25, 0.3) is 0 Å². The monoisotopic (exact) mass is 261 g/mol. The first kappa shape index (κ1) is 12.7. The van der Waals surface area contributed by atoms with E-state index >= 15 is 0 Å². The second-order valence-corrected chi connectivity index (χ2v) is 5.44. The summed E-state index contributed by atoms with van der Waals surface area (Å²) in [6, 6.07) is 21.7. The highest BCUT2D eigenvalue weighted by Gasteiger charge is 2.11. The molecule has 0 aliphatic heterocycles. The Balaban J connectivity index is 2.38. The van der Waals surface area contributed by atoms with Crippen molar-refractivity contribution in [2.45, 2.75) is 6.92 Å². The van der Waals surface area contributed by atoms with Gasteiger partial charge < -0.3 is 4.90 Å². The highest BCUT2D eigenvalue weighted by Crippen LogP contribution is 2.37. The first-order chi connectivity index (χ1) is 9.66. The van der Waals surface area contributed by atoms with Crippen LogP contribution in [0.1, 0.15) is 5.56 Å². The van der Waals surface area contributed by atoms with Gasteiger partial charge in [-0.25, -0.2) is 0 Å². The van der Waals surface area contributed by atoms with E-state index in [1.54, 1.807) is 0 Å². The Hall–Kier alpha value is -2.28. The number of rotatable bonds is 2. The third-order valence-corrected chi connectivity index (χ3v) is 3.70. The molecular weight excluding hydrogens is 242 g/mol. The summed E-state index contributed by atoms with van der Waals surface area (Å²) < 4.78 is 0. The second-order valence-electron chi connectivity index (χ2n) is 5.44. The Morgan fingerprint density at radius 1 is 0.800 bits per heavy atom. The molecule has 0 heterocycles. The molecule has 3 aromatic carbocycles. The van der Waals surface area contributed by atoms with E-state index in [-0.39, 0.29) is 0 Å². The van der Waals surface area contributed by atoms with Crippen molar-refractivity contribution in [1.82, 2.24) is 0 Å². The van der Waals surface area contributed by atoms with Crippen molar-refractivity contribution in [1.29, 1.82) is 0 Å². The molecule has 0 saturated carbocycles. The summed E-state index contributed by atoms with van der Waals surface area (Å²) in [7, 11) is 4.20. The Morgan fingerprint density at radius 2 is 1.60 bits per heavy atom. The highest BCUT2D eigenvalue weighted by atomic mass is 15.1. The van der Waals surface area contributed by atoms with Gasteiger partial charge in [-0.3, -0.25) is 0 Å². The van der Waals surface area contributed by atoms with E-state index in [0.29, 0.717) is 0 Å². The van der Waals surface area contributed by atoms with Crippen LogP contribution in [0.4, 0.5) is 5.69 Å². The lowest BCUT2D eigenvalue weighted by Gasteiger charge is -2.20. The maximum Gasteiger partial charge on any atom is 0.0447 e. The molecule has 1 heteroatoms. The third-order valence-electron chi connectivity index (χ3n) is 3.70. The Kier molecular flexibility index (Phi) is 3.19. The minimum atomic E-state index is 1.26. The predicted octanol–water partition coefficient (Wildman–Crippen LogP) is 4.88. The van der Waals surface area contributed by atoms with E-state index in [1.807, 2.05) is 0 Å². The van der Waals surface area contributed by atoms with Crippen LogP contribution < -0.4 is 4.90 Å². The van der Waals surface area contributed by atoms with E-state index in [2.05, 4.69) is 86.6 Å². The van der Waals surface area contributed by atoms with E-state index in [1.165, 1.54) is 33.2 Å². The smallest absolute Gasteiger partial charge is 0.0447 e. The number of nitrogens with zero attached hydrogens (tertiary/aromatic N) is 1. The van der Waals surface area contributed by atoms with Crippen molar-refractivity contribution in [2.75, 3.05) is 19.0 Å². The van der Waals surface area contributed by atoms with Crippen LogP contribution in [0.25, 0.3) is 21.9 Å². The van der Waals surface area contributed by atoms with Crippen molar-refractivity contribution >= 4 is 16.5 Å². The molecule has 0 amide bonds. The molecule has 0 atom stereocenters. The van der Waals surface area contributed by atoms with E-state index in [4.69, 9.17) is 0 Å². The van der Waals surface area contributed by atoms with Gasteiger partial charge in [0.15, 0.2) is 0 Å². The molecule has 3 aromatic rings. The summed E-state index contributed by atoms with van der Waals surface area (Å²) >= 11 is 0. The fraction of sp³-hybridized carbons (Fsp3) is 0.158. The van der Waals surface area contributed by atoms with Gasteiger partial charge in [0.1, 0.15) is 0 Å². The maximum absolute atomic E-state index is 2.26. The summed E-state index contributed by atoms with van der Waals surface area (Å²) in [5, 5.41) is 2.60. The molecule has 0 fully saturated rings. The SMILES string of the molecule is Cc1cccc(-c2c(N(C)C)ccc3ccccc23)c1. The Bertz CT molecular complexity index is 757. The van der Waals surface area contributed by atoms with Gasteiger partial charge >= 0.3 is 0 Å². The predicted molar refractivity (Wildman–Crippen MR) is 88.4 cm³/mol. The van der Waals surface area contributed by atoms with Gasteiger partial charge in [-0.15, -0.1) is 0 Å². The highest BCUT2D eigenvalue weighted by molar-refractivity contribution is 6.03. The lowest BCUT2D eigenvalue weighted by molar-refractivity contribution is 1.14. The van der Waals surface area contributed by atoms with Crippen LogP contribution in [0, 0.1) is 6.92 Å². The number of aryl methyl sites for hydroxylation is 1.